The molecule has 2 rings (SSSR count). The predicted octanol–water partition coefficient (Wildman–Crippen LogP) is 0.234. The number of carbonyl (C=O) groups is 2. The van der Waals surface area contributed by atoms with Crippen molar-refractivity contribution in [3.05, 3.63) is 29.8 Å². The summed E-state index contributed by atoms with van der Waals surface area (Å²) in [6.07, 6.45) is 0. The fourth-order valence-corrected chi connectivity index (χ4v) is 2.56. The first-order chi connectivity index (χ1) is 10.6. The molecule has 2 aromatic rings. The maximum atomic E-state index is 10.7. The van der Waals surface area contributed by atoms with E-state index in [9.17, 15) is 18.0 Å². The molecule has 0 aliphatic rings. The number of carboxylic acids is 1. The van der Waals surface area contributed by atoms with Crippen molar-refractivity contribution in [1.82, 2.24) is 10.2 Å². The average Bonchev–Trinajstić information content (AvgIpc) is 2.87. The number of hydrogen-bond acceptors (Lipinski definition) is 8. The van der Waals surface area contributed by atoms with Crippen LogP contribution in [0.15, 0.2) is 28.6 Å². The van der Waals surface area contributed by atoms with Crippen LogP contribution >= 0.6 is 11.3 Å². The van der Waals surface area contributed by atoms with Crippen molar-refractivity contribution in [2.24, 2.45) is 5.14 Å². The fourth-order valence-electron chi connectivity index (χ4n) is 1.18. The fraction of sp³-hybridized carbons (Fsp3) is 0.0909. The third-order valence-electron chi connectivity index (χ3n) is 2.07. The van der Waals surface area contributed by atoms with Crippen LogP contribution < -0.4 is 10.5 Å². The summed E-state index contributed by atoms with van der Waals surface area (Å²) in [7, 11) is -3.82. The number of hydrogen-bond donors (Lipinski definition) is 4. The quantitative estimate of drug-likeness (QED) is 0.563. The van der Waals surface area contributed by atoms with Crippen LogP contribution in [0.5, 0.6) is 5.75 Å². The van der Waals surface area contributed by atoms with E-state index in [4.69, 9.17) is 15.4 Å². The number of anilines is 1. The number of nitrogens with zero attached hydrogens (tertiary/aromatic N) is 2. The van der Waals surface area contributed by atoms with Crippen molar-refractivity contribution in [2.75, 3.05) is 5.32 Å². The van der Waals surface area contributed by atoms with Gasteiger partial charge in [0.2, 0.25) is 15.4 Å². The molecule has 0 saturated heterocycles. The zero-order chi connectivity index (χ0) is 17.6. The van der Waals surface area contributed by atoms with Crippen molar-refractivity contribution in [3.8, 4) is 5.75 Å². The van der Waals surface area contributed by atoms with E-state index in [1.807, 2.05) is 0 Å². The van der Waals surface area contributed by atoms with Crippen LogP contribution in [0.1, 0.15) is 17.3 Å². The minimum absolute atomic E-state index is 0.0671. The van der Waals surface area contributed by atoms with Gasteiger partial charge in [0.15, 0.2) is 0 Å². The van der Waals surface area contributed by atoms with Gasteiger partial charge in [-0.15, -0.1) is 10.2 Å². The van der Waals surface area contributed by atoms with E-state index in [0.29, 0.717) is 11.3 Å². The van der Waals surface area contributed by atoms with Crippen molar-refractivity contribution in [2.45, 2.75) is 11.3 Å². The van der Waals surface area contributed by atoms with E-state index in [2.05, 4.69) is 15.5 Å². The molecule has 1 amide bonds. The minimum Gasteiger partial charge on any atom is -0.507 e. The highest BCUT2D eigenvalue weighted by Gasteiger charge is 2.15. The molecule has 0 aliphatic carbocycles. The molecule has 1 aromatic heterocycles. The molecule has 0 spiro atoms. The van der Waals surface area contributed by atoms with E-state index in [-0.39, 0.29) is 26.7 Å². The van der Waals surface area contributed by atoms with Gasteiger partial charge in [0.1, 0.15) is 11.3 Å². The number of aromatic hydroxyl groups is 1. The molecule has 5 N–H and O–H groups in total. The molecule has 0 aliphatic heterocycles. The Morgan fingerprint density at radius 2 is 1.87 bits per heavy atom. The van der Waals surface area contributed by atoms with Gasteiger partial charge in [-0.25, -0.2) is 18.4 Å². The molecular formula is C11H12N4O6S2. The largest absolute Gasteiger partial charge is 0.507 e. The summed E-state index contributed by atoms with van der Waals surface area (Å²) >= 11 is 0.701. The first kappa shape index (κ1) is 18.5. The topological polar surface area (TPSA) is 173 Å². The molecule has 1 aromatic carbocycles. The number of aromatic nitrogens is 2. The third kappa shape index (κ3) is 5.98. The maximum Gasteiger partial charge on any atom is 0.339 e. The number of phenols is 1. The van der Waals surface area contributed by atoms with Crippen LogP contribution in [0, 0.1) is 0 Å². The number of aromatic carboxylic acids is 1. The molecule has 0 unspecified atom stereocenters. The number of primary sulfonamides is 1. The monoisotopic (exact) mass is 360 g/mol. The Labute approximate surface area is 134 Å². The molecule has 0 fully saturated rings. The lowest BCUT2D eigenvalue weighted by Crippen LogP contribution is -2.11. The lowest BCUT2D eigenvalue weighted by Gasteiger charge is -1.95. The molecule has 1 heterocycles. The van der Waals surface area contributed by atoms with Gasteiger partial charge in [-0.2, -0.15) is 0 Å². The second-order valence-electron chi connectivity index (χ2n) is 3.92. The summed E-state index contributed by atoms with van der Waals surface area (Å²) in [6, 6.07) is 5.81. The standard InChI is InChI=1S/C7H6O3.C4H6N4O3S2/c8-6-4-2-1-3-5(6)7(9)10;1-2(9)6-3-7-8-4(12-3)13(5,10)11/h1-4,8H,(H,9,10);1H3,(H2,5,10,11)(H,6,7,9). The number of carboxylic acid groups (broad SMARTS) is 1. The van der Waals surface area contributed by atoms with Crippen molar-refractivity contribution >= 4 is 38.4 Å². The molecule has 0 bridgehead atoms. The molecule has 0 saturated carbocycles. The highest BCUT2D eigenvalue weighted by Crippen LogP contribution is 2.18. The lowest BCUT2D eigenvalue weighted by molar-refractivity contribution is -0.114. The summed E-state index contributed by atoms with van der Waals surface area (Å²) < 4.78 is 21.1. The van der Waals surface area contributed by atoms with E-state index in [1.54, 1.807) is 12.1 Å². The van der Waals surface area contributed by atoms with Gasteiger partial charge < -0.3 is 15.5 Å². The zero-order valence-electron chi connectivity index (χ0n) is 11.6. The van der Waals surface area contributed by atoms with E-state index in [1.165, 1.54) is 19.1 Å². The smallest absolute Gasteiger partial charge is 0.339 e. The number of carbonyl (C=O) groups excluding carboxylic acids is 1. The van der Waals surface area contributed by atoms with E-state index >= 15 is 0 Å². The second kappa shape index (κ2) is 7.62. The summed E-state index contributed by atoms with van der Waals surface area (Å²) in [4.78, 5) is 20.8. The number of nitrogens with one attached hydrogen (secondary N) is 1. The molecule has 10 nitrogen and oxygen atoms in total. The minimum atomic E-state index is -3.82. The first-order valence-electron chi connectivity index (χ1n) is 5.76. The van der Waals surface area contributed by atoms with Crippen LogP contribution in [-0.4, -0.2) is 40.7 Å². The van der Waals surface area contributed by atoms with Crippen LogP contribution in [0.25, 0.3) is 0 Å². The van der Waals surface area contributed by atoms with Gasteiger partial charge in [0.25, 0.3) is 10.0 Å². The number of para-hydroxylation sites is 1. The van der Waals surface area contributed by atoms with Crippen LogP contribution in [-0.2, 0) is 14.8 Å². The predicted molar refractivity (Wildman–Crippen MR) is 80.7 cm³/mol. The van der Waals surface area contributed by atoms with Gasteiger partial charge in [-0.3, -0.25) is 4.79 Å². The van der Waals surface area contributed by atoms with Gasteiger partial charge in [0.05, 0.1) is 0 Å². The van der Waals surface area contributed by atoms with Crippen molar-refractivity contribution in [1.29, 1.82) is 0 Å². The van der Waals surface area contributed by atoms with Gasteiger partial charge in [0, 0.05) is 6.92 Å². The lowest BCUT2D eigenvalue weighted by atomic mass is 10.2. The maximum absolute atomic E-state index is 10.7. The van der Waals surface area contributed by atoms with Gasteiger partial charge in [-0.05, 0) is 12.1 Å². The van der Waals surface area contributed by atoms with Gasteiger partial charge >= 0.3 is 5.97 Å². The van der Waals surface area contributed by atoms with E-state index < -0.39 is 16.0 Å². The highest BCUT2D eigenvalue weighted by molar-refractivity contribution is 7.91. The molecule has 124 valence electrons. The highest BCUT2D eigenvalue weighted by atomic mass is 32.2. The molecule has 0 radical (unpaired) electrons. The van der Waals surface area contributed by atoms with Crippen molar-refractivity contribution in [3.63, 3.8) is 0 Å². The number of nitrogens with two attached hydrogens (primary N) is 1. The first-order valence-corrected chi connectivity index (χ1v) is 8.12. The number of amides is 1. The normalized spacial score (nSPS) is 10.3. The zero-order valence-corrected chi connectivity index (χ0v) is 13.3. The summed E-state index contributed by atoms with van der Waals surface area (Å²) in [5.74, 6) is -1.66. The number of sulfonamides is 1. The SMILES string of the molecule is CC(=O)Nc1nnc(S(N)(=O)=O)s1.O=C(O)c1ccccc1O. The Kier molecular flexibility index (Phi) is 6.12. The molecule has 12 heteroatoms. The third-order valence-corrected chi connectivity index (χ3v) is 4.22. The number of benzene rings is 1. The van der Waals surface area contributed by atoms with Gasteiger partial charge in [-0.1, -0.05) is 23.5 Å². The second-order valence-corrected chi connectivity index (χ2v) is 6.63. The summed E-state index contributed by atoms with van der Waals surface area (Å²) in [5, 5.41) is 31.1. The average molecular weight is 360 g/mol. The number of rotatable bonds is 3. The summed E-state index contributed by atoms with van der Waals surface area (Å²) in [5.41, 5.74) is -0.0671. The van der Waals surface area contributed by atoms with E-state index in [0.717, 1.165) is 0 Å². The molecule has 23 heavy (non-hydrogen) atoms. The Hall–Kier alpha value is -2.57. The Morgan fingerprint density at radius 3 is 2.26 bits per heavy atom. The van der Waals surface area contributed by atoms with Crippen LogP contribution in [0.4, 0.5) is 5.13 Å². The molecule has 0 atom stereocenters. The molecular weight excluding hydrogens is 348 g/mol. The Morgan fingerprint density at radius 1 is 1.26 bits per heavy atom. The Bertz CT molecular complexity index is 817. The van der Waals surface area contributed by atoms with Crippen LogP contribution in [0.2, 0.25) is 0 Å². The van der Waals surface area contributed by atoms with Crippen LogP contribution in [0.3, 0.4) is 0 Å². The van der Waals surface area contributed by atoms with Crippen molar-refractivity contribution < 1.29 is 28.2 Å². The Balaban J connectivity index is 0.000000238. The summed E-state index contributed by atoms with van der Waals surface area (Å²) in [6.45, 7) is 1.28.